The van der Waals surface area contributed by atoms with Gasteiger partial charge in [0.15, 0.2) is 13.9 Å². The van der Waals surface area contributed by atoms with Gasteiger partial charge < -0.3 is 4.42 Å². The van der Waals surface area contributed by atoms with Crippen LogP contribution in [0.4, 0.5) is 0 Å². The summed E-state index contributed by atoms with van der Waals surface area (Å²) in [7, 11) is -3.00. The smallest absolute Gasteiger partial charge is 0.184 e. The average molecular weight is 657 g/mol. The summed E-state index contributed by atoms with van der Waals surface area (Å²) in [5.41, 5.74) is 6.69. The van der Waals surface area contributed by atoms with E-state index >= 15 is 0 Å². The first kappa shape index (κ1) is 29.8. The Bertz CT molecular complexity index is 2490. The topological polar surface area (TPSA) is 38.9 Å². The third-order valence-electron chi connectivity index (χ3n) is 9.64. The fourth-order valence-electron chi connectivity index (χ4n) is 7.37. The molecule has 0 bridgehead atoms. The Morgan fingerprint density at radius 1 is 0.380 bits per heavy atom. The molecule has 4 heteroatoms. The van der Waals surface area contributed by atoms with E-state index in [4.69, 9.17) is 14.4 Å². The van der Waals surface area contributed by atoms with Crippen molar-refractivity contribution < 1.29 is 4.42 Å². The number of hydrogen-bond donors (Lipinski definition) is 0. The van der Waals surface area contributed by atoms with Crippen LogP contribution in [0.1, 0.15) is 0 Å². The SMILES string of the molecule is c1ccc(-c2cc(-c3ccccc3)nc(-c3cccc([Si](c4ccccc4)(c4ccccc4)c4cccc5c4oc4ccccc45)c3)n2)cc1. The highest BCUT2D eigenvalue weighted by Gasteiger charge is 2.43. The van der Waals surface area contributed by atoms with Gasteiger partial charge in [0.05, 0.1) is 11.4 Å². The molecule has 2 heterocycles. The van der Waals surface area contributed by atoms with Crippen LogP contribution in [0, 0.1) is 0 Å². The Labute approximate surface area is 292 Å². The van der Waals surface area contributed by atoms with Crippen molar-refractivity contribution in [3.63, 3.8) is 0 Å². The van der Waals surface area contributed by atoms with Gasteiger partial charge in [-0.15, -0.1) is 0 Å². The van der Waals surface area contributed by atoms with Gasteiger partial charge in [-0.2, -0.15) is 0 Å². The van der Waals surface area contributed by atoms with Crippen LogP contribution in [0.25, 0.3) is 55.8 Å². The molecule has 0 amide bonds. The summed E-state index contributed by atoms with van der Waals surface area (Å²) < 4.78 is 6.81. The van der Waals surface area contributed by atoms with Crippen LogP contribution >= 0.6 is 0 Å². The van der Waals surface area contributed by atoms with E-state index in [0.29, 0.717) is 5.82 Å². The van der Waals surface area contributed by atoms with Crippen molar-refractivity contribution in [1.29, 1.82) is 0 Å². The summed E-state index contributed by atoms with van der Waals surface area (Å²) >= 11 is 0. The Morgan fingerprint density at radius 3 is 1.48 bits per heavy atom. The highest BCUT2D eigenvalue weighted by molar-refractivity contribution is 7.20. The Morgan fingerprint density at radius 2 is 0.860 bits per heavy atom. The van der Waals surface area contributed by atoms with E-state index in [1.165, 1.54) is 20.7 Å². The summed E-state index contributed by atoms with van der Waals surface area (Å²) in [4.78, 5) is 10.4. The van der Waals surface area contributed by atoms with Crippen LogP contribution in [-0.2, 0) is 0 Å². The molecule has 0 radical (unpaired) electrons. The number of benzene rings is 7. The van der Waals surface area contributed by atoms with E-state index in [1.807, 2.05) is 18.2 Å². The van der Waals surface area contributed by atoms with Gasteiger partial charge in [0.2, 0.25) is 0 Å². The molecule has 0 saturated heterocycles. The van der Waals surface area contributed by atoms with E-state index in [0.717, 1.165) is 50.0 Å². The predicted molar refractivity (Wildman–Crippen MR) is 209 cm³/mol. The lowest BCUT2D eigenvalue weighted by Gasteiger charge is -2.34. The van der Waals surface area contributed by atoms with E-state index in [2.05, 4.69) is 176 Å². The molecule has 9 aromatic rings. The molecule has 0 spiro atoms. The molecule has 0 aliphatic heterocycles. The third-order valence-corrected chi connectivity index (χ3v) is 14.4. The number of furan rings is 1. The fraction of sp³-hybridized carbons (Fsp3) is 0. The van der Waals surface area contributed by atoms with Crippen LogP contribution < -0.4 is 20.7 Å². The first-order chi connectivity index (χ1) is 24.8. The van der Waals surface area contributed by atoms with E-state index in [1.54, 1.807) is 0 Å². The average Bonchev–Trinajstić information content (AvgIpc) is 3.59. The highest BCUT2D eigenvalue weighted by Crippen LogP contribution is 2.30. The van der Waals surface area contributed by atoms with Gasteiger partial charge in [-0.05, 0) is 32.9 Å². The van der Waals surface area contributed by atoms with Crippen LogP contribution in [0.2, 0.25) is 0 Å². The summed E-state index contributed by atoms with van der Waals surface area (Å²) in [6.45, 7) is 0. The maximum atomic E-state index is 6.81. The number of fused-ring (bicyclic) bond motifs is 3. The summed E-state index contributed by atoms with van der Waals surface area (Å²) in [6.07, 6.45) is 0. The molecular weight excluding hydrogens is 625 g/mol. The summed E-state index contributed by atoms with van der Waals surface area (Å²) in [5, 5.41) is 7.26. The molecule has 0 aliphatic carbocycles. The van der Waals surface area contributed by atoms with Crippen molar-refractivity contribution in [3.8, 4) is 33.9 Å². The molecule has 50 heavy (non-hydrogen) atoms. The van der Waals surface area contributed by atoms with Crippen molar-refractivity contribution in [2.24, 2.45) is 0 Å². The van der Waals surface area contributed by atoms with Gasteiger partial charge in [0.25, 0.3) is 0 Å². The normalized spacial score (nSPS) is 11.6. The fourth-order valence-corrected chi connectivity index (χ4v) is 12.3. The van der Waals surface area contributed by atoms with E-state index < -0.39 is 8.07 Å². The lowest BCUT2D eigenvalue weighted by molar-refractivity contribution is 0.671. The molecule has 2 aromatic heterocycles. The molecule has 3 nitrogen and oxygen atoms in total. The lowest BCUT2D eigenvalue weighted by atomic mass is 10.1. The molecule has 0 saturated carbocycles. The molecular formula is C46H32N2OSi. The van der Waals surface area contributed by atoms with Crippen molar-refractivity contribution in [3.05, 3.63) is 194 Å². The first-order valence-corrected chi connectivity index (χ1v) is 18.9. The van der Waals surface area contributed by atoms with Crippen LogP contribution in [0.15, 0.2) is 199 Å². The van der Waals surface area contributed by atoms with Gasteiger partial charge in [-0.3, -0.25) is 0 Å². The largest absolute Gasteiger partial charge is 0.456 e. The second-order valence-electron chi connectivity index (χ2n) is 12.5. The molecule has 236 valence electrons. The summed E-state index contributed by atoms with van der Waals surface area (Å²) in [5.74, 6) is 0.693. The Hall–Kier alpha value is -6.36. The van der Waals surface area contributed by atoms with Gasteiger partial charge >= 0.3 is 0 Å². The van der Waals surface area contributed by atoms with Crippen molar-refractivity contribution in [2.75, 3.05) is 0 Å². The van der Waals surface area contributed by atoms with Crippen LogP contribution in [0.5, 0.6) is 0 Å². The predicted octanol–water partition coefficient (Wildman–Crippen LogP) is 8.75. The van der Waals surface area contributed by atoms with E-state index in [9.17, 15) is 0 Å². The number of nitrogens with zero attached hydrogens (tertiary/aromatic N) is 2. The Kier molecular flexibility index (Phi) is 7.49. The highest BCUT2D eigenvalue weighted by atomic mass is 28.3. The van der Waals surface area contributed by atoms with Crippen molar-refractivity contribution in [1.82, 2.24) is 9.97 Å². The lowest BCUT2D eigenvalue weighted by Crippen LogP contribution is -2.74. The molecule has 7 aromatic carbocycles. The first-order valence-electron chi connectivity index (χ1n) is 16.9. The molecule has 0 N–H and O–H groups in total. The number of para-hydroxylation sites is 2. The van der Waals surface area contributed by atoms with Crippen LogP contribution in [-0.4, -0.2) is 18.0 Å². The van der Waals surface area contributed by atoms with Crippen LogP contribution in [0.3, 0.4) is 0 Å². The van der Waals surface area contributed by atoms with Crippen molar-refractivity contribution >= 4 is 50.8 Å². The minimum Gasteiger partial charge on any atom is -0.456 e. The van der Waals surface area contributed by atoms with Crippen molar-refractivity contribution in [2.45, 2.75) is 0 Å². The van der Waals surface area contributed by atoms with Gasteiger partial charge in [0.1, 0.15) is 11.2 Å². The quantitative estimate of drug-likeness (QED) is 0.127. The zero-order valence-corrected chi connectivity index (χ0v) is 28.3. The second kappa shape index (κ2) is 12.6. The molecule has 0 atom stereocenters. The van der Waals surface area contributed by atoms with E-state index in [-0.39, 0.29) is 0 Å². The van der Waals surface area contributed by atoms with Gasteiger partial charge in [-0.25, -0.2) is 9.97 Å². The summed E-state index contributed by atoms with van der Waals surface area (Å²) in [6, 6.07) is 68.7. The monoisotopic (exact) mass is 656 g/mol. The number of hydrogen-bond acceptors (Lipinski definition) is 3. The minimum atomic E-state index is -3.00. The number of aromatic nitrogens is 2. The Balaban J connectivity index is 1.34. The zero-order valence-electron chi connectivity index (χ0n) is 27.3. The molecule has 0 aliphatic rings. The maximum Gasteiger partial charge on any atom is 0.184 e. The zero-order chi connectivity index (χ0) is 33.3. The third kappa shape index (κ3) is 5.05. The standard InChI is InChI=1S/C46H32N2OSi/c1-5-17-33(18-6-1)41-32-42(34-19-7-2-8-20-34)48-46(47-41)35-21-15-26-38(31-35)50(36-22-9-3-10-23-36,37-24-11-4-12-25-37)44-30-16-28-40-39-27-13-14-29-43(39)49-45(40)44/h1-32H. The molecule has 0 unspecified atom stereocenters. The van der Waals surface area contributed by atoms with Gasteiger partial charge in [-0.1, -0.05) is 182 Å². The molecule has 0 fully saturated rings. The minimum absolute atomic E-state index is 0.693. The second-order valence-corrected chi connectivity index (χ2v) is 16.3. The number of rotatable bonds is 7. The molecule has 9 rings (SSSR count). The maximum absolute atomic E-state index is 6.81. The van der Waals surface area contributed by atoms with Gasteiger partial charge in [0, 0.05) is 27.5 Å².